The molecule has 0 saturated carbocycles. The van der Waals surface area contributed by atoms with Crippen molar-refractivity contribution < 1.29 is 71.5 Å². The fourth-order valence-corrected chi connectivity index (χ4v) is 4.66. The highest BCUT2D eigenvalue weighted by Crippen LogP contribution is 2.22. The number of hydrogen-bond acceptors (Lipinski definition) is 17. The van der Waals surface area contributed by atoms with Gasteiger partial charge in [-0.2, -0.15) is 10.5 Å². The number of hydrogen-bond donors (Lipinski definition) is 4. The normalized spacial score (nSPS) is 12.9. The molecule has 0 aliphatic carbocycles. The highest BCUT2D eigenvalue weighted by Gasteiger charge is 2.32. The van der Waals surface area contributed by atoms with Crippen molar-refractivity contribution in [1.82, 2.24) is 21.3 Å². The molecule has 94 heavy (non-hydrogen) atoms. The first-order valence-electron chi connectivity index (χ1n) is 33.9. The average Bonchev–Trinajstić information content (AvgIpc) is 1.18. The van der Waals surface area contributed by atoms with E-state index in [9.17, 15) is 33.6 Å². The summed E-state index contributed by atoms with van der Waals surface area (Å²) in [6.07, 6.45) is 9.78. The van der Waals surface area contributed by atoms with Crippen LogP contribution in [0.5, 0.6) is 0 Å². The van der Waals surface area contributed by atoms with Crippen molar-refractivity contribution in [2.24, 2.45) is 63.1 Å². The lowest BCUT2D eigenvalue weighted by Crippen LogP contribution is -2.35. The van der Waals surface area contributed by atoms with Gasteiger partial charge in [-0.3, -0.25) is 33.6 Å². The molecular weight excluding hydrogens is 1200 g/mol. The smallest absolute Gasteiger partial charge is 0.325 e. The number of esters is 3. The third-order valence-corrected chi connectivity index (χ3v) is 14.8. The van der Waals surface area contributed by atoms with Crippen molar-refractivity contribution in [3.63, 3.8) is 0 Å². The van der Waals surface area contributed by atoms with Crippen LogP contribution in [0.2, 0.25) is 0 Å². The van der Waals surface area contributed by atoms with Crippen LogP contribution in [-0.2, 0) is 71.5 Å². The molecule has 0 fully saturated rings. The number of rotatable bonds is 26. The zero-order chi connectivity index (χ0) is 77.5. The van der Waals surface area contributed by atoms with E-state index < -0.39 is 16.8 Å². The van der Waals surface area contributed by atoms with Gasteiger partial charge in [0.1, 0.15) is 5.41 Å². The maximum absolute atomic E-state index is 11.0. The van der Waals surface area contributed by atoms with Gasteiger partial charge in [0.2, 0.25) is 23.6 Å². The van der Waals surface area contributed by atoms with Crippen molar-refractivity contribution in [3.8, 4) is 12.1 Å². The Balaban J connectivity index is -0.0000000784. The quantitative estimate of drug-likeness (QED) is 0.0462. The molecule has 8 unspecified atom stereocenters. The molecule has 21 nitrogen and oxygen atoms in total. The van der Waals surface area contributed by atoms with Crippen LogP contribution in [0.4, 0.5) is 0 Å². The Kier molecular flexibility index (Phi) is 97.5. The number of methoxy groups -OCH3 is 8. The van der Waals surface area contributed by atoms with Gasteiger partial charge >= 0.3 is 17.9 Å². The van der Waals surface area contributed by atoms with Gasteiger partial charge in [-0.15, -0.1) is 0 Å². The van der Waals surface area contributed by atoms with Crippen LogP contribution in [0.25, 0.3) is 0 Å². The van der Waals surface area contributed by atoms with E-state index in [1.165, 1.54) is 47.6 Å². The first-order valence-corrected chi connectivity index (χ1v) is 33.9. The zero-order valence-electron chi connectivity index (χ0n) is 68.0. The second-order valence-corrected chi connectivity index (χ2v) is 25.0. The predicted octanol–water partition coefficient (Wildman–Crippen LogP) is 14.7. The predicted molar refractivity (Wildman–Crippen MR) is 390 cm³/mol. The van der Waals surface area contributed by atoms with Gasteiger partial charge in [0.25, 0.3) is 0 Å². The van der Waals surface area contributed by atoms with Crippen molar-refractivity contribution in [2.45, 2.75) is 250 Å². The molecule has 4 amide bonds. The van der Waals surface area contributed by atoms with Gasteiger partial charge < -0.3 is 59.2 Å². The van der Waals surface area contributed by atoms with E-state index >= 15 is 0 Å². The second kappa shape index (κ2) is 78.8. The van der Waals surface area contributed by atoms with Crippen LogP contribution >= 0.6 is 0 Å². The molecule has 8 atom stereocenters. The molecule has 0 spiro atoms. The van der Waals surface area contributed by atoms with Crippen molar-refractivity contribution in [2.75, 3.05) is 111 Å². The number of nitrogens with one attached hydrogen (secondary N) is 4. The standard InChI is InChI=1S/C7H12N2O.C7H11NO2.C7H15NO.C7H14O2.C6H13NO2.C6H13NO.C6H12O2.2C6H14O.2C5H12O.C5H12/c1-4-7(2,5-8)6(10)9-3;1-4-7(2,5-8)6(9)10-3;1-5-7(2,3)6(9)8-4;1-5-7(2,3)6(8)9-4;1-5(4-9-3)6(8)7-2;1-4-5(2)6(8)7-3;1-4-5(2)6(7)8-3;2*1-4-6(2)5-7-3;1-5(2)4-6-3;1-4-5(2)6-3;1-4-5(2)3/h4H2,1-3H3,(H,9,10);4H2,1-3H3;5H2,1-4H3,(H,8,9);5H2,1-4H3;5H,4H2,1-3H3,(H,7,8);5H,4H2,1-3H3,(H,7,8);5H,4H2,1-3H3;2*6H,4-5H2,1-3H3;2*5H,4H2,1-3H3;5H,4H2,1-3H3. The van der Waals surface area contributed by atoms with E-state index in [-0.39, 0.29) is 64.2 Å². The lowest BCUT2D eigenvalue weighted by molar-refractivity contribution is -0.151. The Labute approximate surface area is 579 Å². The average molecular weight is 1360 g/mol. The molecule has 0 aliphatic heterocycles. The van der Waals surface area contributed by atoms with Gasteiger partial charge in [0, 0.05) is 94.9 Å². The highest BCUT2D eigenvalue weighted by molar-refractivity contribution is 5.84. The van der Waals surface area contributed by atoms with E-state index in [1.54, 1.807) is 77.5 Å². The molecule has 0 aromatic heterocycles. The Morgan fingerprint density at radius 2 is 0.713 bits per heavy atom. The van der Waals surface area contributed by atoms with Gasteiger partial charge in [0.15, 0.2) is 5.41 Å². The van der Waals surface area contributed by atoms with E-state index in [1.807, 2.05) is 95.2 Å². The number of amides is 4. The van der Waals surface area contributed by atoms with Crippen molar-refractivity contribution in [1.29, 1.82) is 10.5 Å². The minimum Gasteiger partial charge on any atom is -0.469 e. The fraction of sp³-hybridized carbons (Fsp3) is 0.877. The zero-order valence-corrected chi connectivity index (χ0v) is 68.0. The SMILES string of the molecule is CCC(C)(C#N)C(=O)NC.CCC(C)(C#N)C(=O)OC.CCC(C)(C)C(=O)NC.CCC(C)(C)C(=O)OC.CCC(C)C.CCC(C)C(=O)NC.CCC(C)C(=O)OC.CCC(C)COC.CCC(C)COC.CCC(C)OC.CNC(=O)C(C)COC.COCC(C)C. The molecule has 0 heterocycles. The third kappa shape index (κ3) is 81.3. The lowest BCUT2D eigenvalue weighted by Gasteiger charge is -2.19. The van der Waals surface area contributed by atoms with E-state index in [4.69, 9.17) is 34.2 Å². The van der Waals surface area contributed by atoms with E-state index in [2.05, 4.69) is 112 Å². The largest absolute Gasteiger partial charge is 0.469 e. The van der Waals surface area contributed by atoms with Crippen molar-refractivity contribution >= 4 is 41.5 Å². The van der Waals surface area contributed by atoms with Gasteiger partial charge in [-0.05, 0) is 103 Å². The van der Waals surface area contributed by atoms with Crippen molar-refractivity contribution in [3.05, 3.63) is 0 Å². The van der Waals surface area contributed by atoms with Gasteiger partial charge in [0.05, 0.1) is 63.4 Å². The number of nitriles is 2. The molecule has 0 saturated heterocycles. The summed E-state index contributed by atoms with van der Waals surface area (Å²) in [7, 11) is 19.1. The van der Waals surface area contributed by atoms with Crippen LogP contribution in [0, 0.1) is 85.7 Å². The minimum atomic E-state index is -0.964. The van der Waals surface area contributed by atoms with E-state index in [0.717, 1.165) is 69.7 Å². The second-order valence-electron chi connectivity index (χ2n) is 25.0. The monoisotopic (exact) mass is 1360 g/mol. The summed E-state index contributed by atoms with van der Waals surface area (Å²) in [5.74, 6) is 2.54. The molecule has 0 bridgehead atoms. The summed E-state index contributed by atoms with van der Waals surface area (Å²) in [6.45, 7) is 54.9. The molecule has 21 heteroatoms. The number of carbonyl (C=O) groups is 7. The van der Waals surface area contributed by atoms with E-state index in [0.29, 0.717) is 31.5 Å². The minimum absolute atomic E-state index is 0.0249. The van der Waals surface area contributed by atoms with Crippen LogP contribution in [-0.4, -0.2) is 159 Å². The van der Waals surface area contributed by atoms with Crippen LogP contribution in [0.1, 0.15) is 244 Å². The highest BCUT2D eigenvalue weighted by atomic mass is 16.5. The molecule has 566 valence electrons. The molecule has 0 aromatic carbocycles. The summed E-state index contributed by atoms with van der Waals surface area (Å²) in [4.78, 5) is 75.5. The Morgan fingerprint density at radius 3 is 0.819 bits per heavy atom. The summed E-state index contributed by atoms with van der Waals surface area (Å²) in [5.41, 5.74) is -2.33. The Hall–Kier alpha value is -4.93. The molecule has 4 N–H and O–H groups in total. The topological polar surface area (TPSA) is 289 Å². The molecule has 0 aromatic rings. The summed E-state index contributed by atoms with van der Waals surface area (Å²) >= 11 is 0. The number of nitrogens with zero attached hydrogens (tertiary/aromatic N) is 2. The first-order chi connectivity index (χ1) is 43.4. The maximum atomic E-state index is 11.0. The number of carbonyl (C=O) groups excluding carboxylic acids is 7. The van der Waals surface area contributed by atoms with Gasteiger partial charge in [-0.25, -0.2) is 0 Å². The molecule has 0 aliphatic rings. The Morgan fingerprint density at radius 1 is 0.372 bits per heavy atom. The molecular formula is C73H154N6O15. The third-order valence-electron chi connectivity index (χ3n) is 14.8. The maximum Gasteiger partial charge on any atom is 0.325 e. The summed E-state index contributed by atoms with van der Waals surface area (Å²) in [5, 5.41) is 27.3. The van der Waals surface area contributed by atoms with Crippen LogP contribution in [0.3, 0.4) is 0 Å². The Bertz CT molecular complexity index is 1720. The summed E-state index contributed by atoms with van der Waals surface area (Å²) in [6, 6.07) is 3.87. The first kappa shape index (κ1) is 116. The number of ether oxygens (including phenoxy) is 8. The molecule has 0 rings (SSSR count). The van der Waals surface area contributed by atoms with Gasteiger partial charge in [-0.1, -0.05) is 165 Å². The van der Waals surface area contributed by atoms with Crippen LogP contribution < -0.4 is 21.3 Å². The van der Waals surface area contributed by atoms with Crippen LogP contribution in [0.15, 0.2) is 0 Å². The fourth-order valence-electron chi connectivity index (χ4n) is 4.66. The lowest BCUT2D eigenvalue weighted by atomic mass is 9.89. The summed E-state index contributed by atoms with van der Waals surface area (Å²) < 4.78 is 37.7. The molecule has 0 radical (unpaired) electrons.